The van der Waals surface area contributed by atoms with Crippen LogP contribution in [-0.2, 0) is 12.3 Å². The van der Waals surface area contributed by atoms with Gasteiger partial charge in [-0.1, -0.05) is 5.16 Å². The topological polar surface area (TPSA) is 43.1 Å². The fourth-order valence-electron chi connectivity index (χ4n) is 1.34. The van der Waals surface area contributed by atoms with Crippen LogP contribution in [0.3, 0.4) is 0 Å². The minimum Gasteiger partial charge on any atom is -0.354 e. The number of rotatable bonds is 1. The van der Waals surface area contributed by atoms with Gasteiger partial charge in [0.05, 0.1) is 0 Å². The van der Waals surface area contributed by atoms with E-state index in [1.165, 1.54) is 0 Å². The van der Waals surface area contributed by atoms with E-state index in [1.54, 1.807) is 0 Å². The Labute approximate surface area is 66.3 Å². The van der Waals surface area contributed by atoms with Crippen LogP contribution in [0, 0.1) is 0 Å². The van der Waals surface area contributed by atoms with Crippen molar-refractivity contribution in [1.29, 1.82) is 0 Å². The first-order valence-corrected chi connectivity index (χ1v) is 3.47. The molecule has 0 radical (unpaired) electrons. The number of nitrogens with zero attached hydrogens (tertiary/aromatic N) is 1. The molecule has 0 saturated carbocycles. The van der Waals surface area contributed by atoms with Crippen molar-refractivity contribution in [3.05, 3.63) is 17.0 Å². The fraction of sp³-hybridized carbons (Fsp3) is 0.429. The van der Waals surface area contributed by atoms with Crippen LogP contribution in [0.25, 0.3) is 0 Å². The average molecular weight is 173 g/mol. The first-order valence-electron chi connectivity index (χ1n) is 3.47. The molecule has 1 aliphatic rings. The third-order valence-corrected chi connectivity index (χ3v) is 1.95. The number of alkyl halides is 2. The summed E-state index contributed by atoms with van der Waals surface area (Å²) in [5.74, 6) is -3.38. The van der Waals surface area contributed by atoms with Crippen LogP contribution in [0.1, 0.15) is 28.2 Å². The Kier molecular flexibility index (Phi) is 1.31. The summed E-state index contributed by atoms with van der Waals surface area (Å²) in [6.07, 6.45) is 0.314. The molecule has 3 nitrogen and oxygen atoms in total. The molecular formula is C7H5F2NO2. The van der Waals surface area contributed by atoms with E-state index in [9.17, 15) is 13.6 Å². The van der Waals surface area contributed by atoms with Gasteiger partial charge in [0.25, 0.3) is 0 Å². The maximum atomic E-state index is 12.8. The Morgan fingerprint density at radius 3 is 3.00 bits per heavy atom. The van der Waals surface area contributed by atoms with Gasteiger partial charge in [-0.15, -0.1) is 0 Å². The molecule has 64 valence electrons. The van der Waals surface area contributed by atoms with Crippen LogP contribution >= 0.6 is 0 Å². The molecule has 2 rings (SSSR count). The second-order valence-corrected chi connectivity index (χ2v) is 2.70. The van der Waals surface area contributed by atoms with E-state index in [0.29, 0.717) is 6.29 Å². The third kappa shape index (κ3) is 0.790. The lowest BCUT2D eigenvalue weighted by Crippen LogP contribution is -2.06. The van der Waals surface area contributed by atoms with Crippen LogP contribution in [-0.4, -0.2) is 11.4 Å². The predicted molar refractivity (Wildman–Crippen MR) is 34.1 cm³/mol. The molecule has 0 saturated heterocycles. The van der Waals surface area contributed by atoms with Gasteiger partial charge in [0.15, 0.2) is 6.29 Å². The fourth-order valence-corrected chi connectivity index (χ4v) is 1.34. The van der Waals surface area contributed by atoms with E-state index in [-0.39, 0.29) is 24.1 Å². The van der Waals surface area contributed by atoms with E-state index >= 15 is 0 Å². The molecule has 0 aromatic carbocycles. The average Bonchev–Trinajstić information content (AvgIpc) is 2.53. The third-order valence-electron chi connectivity index (χ3n) is 1.95. The molecule has 5 heteroatoms. The van der Waals surface area contributed by atoms with E-state index in [1.807, 2.05) is 0 Å². The second-order valence-electron chi connectivity index (χ2n) is 2.70. The highest BCUT2D eigenvalue weighted by Gasteiger charge is 2.45. The summed E-state index contributed by atoms with van der Waals surface area (Å²) in [6, 6.07) is 0. The molecule has 0 unspecified atom stereocenters. The molecular weight excluding hydrogens is 168 g/mol. The zero-order valence-corrected chi connectivity index (χ0v) is 6.01. The van der Waals surface area contributed by atoms with Crippen LogP contribution in [0.15, 0.2) is 4.52 Å². The monoisotopic (exact) mass is 173 g/mol. The van der Waals surface area contributed by atoms with Crippen molar-refractivity contribution >= 4 is 6.29 Å². The van der Waals surface area contributed by atoms with Gasteiger partial charge in [0.1, 0.15) is 5.69 Å². The van der Waals surface area contributed by atoms with Gasteiger partial charge in [-0.2, -0.15) is 8.78 Å². The van der Waals surface area contributed by atoms with Gasteiger partial charge in [0.2, 0.25) is 5.76 Å². The standard InChI is InChI=1S/C7H5F2NO2/c8-7(9)2-1-4-5(3-11)10-12-6(4)7/h3H,1-2H2. The Hall–Kier alpha value is -1.26. The number of aromatic nitrogens is 1. The maximum Gasteiger partial charge on any atom is 0.308 e. The molecule has 0 spiro atoms. The minimum atomic E-state index is -2.94. The smallest absolute Gasteiger partial charge is 0.308 e. The minimum absolute atomic E-state index is 0.00201. The number of carbonyl (C=O) groups is 1. The molecule has 0 aliphatic heterocycles. The zero-order valence-electron chi connectivity index (χ0n) is 6.01. The lowest BCUT2D eigenvalue weighted by molar-refractivity contribution is -0.0271. The molecule has 1 aromatic heterocycles. The molecule has 1 aromatic rings. The predicted octanol–water partition coefficient (Wildman–Crippen LogP) is 1.53. The lowest BCUT2D eigenvalue weighted by atomic mass is 10.2. The second kappa shape index (κ2) is 2.12. The van der Waals surface area contributed by atoms with Gasteiger partial charge < -0.3 is 4.52 Å². The molecule has 1 aliphatic carbocycles. The van der Waals surface area contributed by atoms with E-state index in [2.05, 4.69) is 9.68 Å². The van der Waals surface area contributed by atoms with Crippen LogP contribution < -0.4 is 0 Å². The number of aldehydes is 1. The molecule has 0 fully saturated rings. The van der Waals surface area contributed by atoms with Crippen molar-refractivity contribution in [2.75, 3.05) is 0 Å². The summed E-state index contributed by atoms with van der Waals surface area (Å²) in [6.45, 7) is 0. The summed E-state index contributed by atoms with van der Waals surface area (Å²) >= 11 is 0. The number of hydrogen-bond donors (Lipinski definition) is 0. The van der Waals surface area contributed by atoms with Gasteiger partial charge in [-0.25, -0.2) is 0 Å². The number of halogens is 2. The highest BCUT2D eigenvalue weighted by Crippen LogP contribution is 2.42. The Morgan fingerprint density at radius 1 is 1.58 bits per heavy atom. The first-order chi connectivity index (χ1) is 5.65. The van der Waals surface area contributed by atoms with Crippen molar-refractivity contribution in [2.45, 2.75) is 18.8 Å². The van der Waals surface area contributed by atoms with Crippen molar-refractivity contribution in [2.24, 2.45) is 0 Å². The summed E-state index contributed by atoms with van der Waals surface area (Å²) in [5, 5.41) is 3.23. The Bertz CT molecular complexity index is 332. The SMILES string of the molecule is O=Cc1noc2c1CCC2(F)F. The maximum absolute atomic E-state index is 12.8. The molecule has 0 bridgehead atoms. The van der Waals surface area contributed by atoms with Gasteiger partial charge >= 0.3 is 5.92 Å². The Morgan fingerprint density at radius 2 is 2.33 bits per heavy atom. The molecule has 0 N–H and O–H groups in total. The van der Waals surface area contributed by atoms with Gasteiger partial charge in [-0.3, -0.25) is 4.79 Å². The summed E-state index contributed by atoms with van der Waals surface area (Å²) in [7, 11) is 0. The molecule has 0 amide bonds. The van der Waals surface area contributed by atoms with E-state index in [0.717, 1.165) is 0 Å². The molecule has 0 atom stereocenters. The largest absolute Gasteiger partial charge is 0.354 e. The van der Waals surface area contributed by atoms with Crippen molar-refractivity contribution in [1.82, 2.24) is 5.16 Å². The first kappa shape index (κ1) is 7.39. The molecule has 1 heterocycles. The highest BCUT2D eigenvalue weighted by molar-refractivity contribution is 5.74. The Balaban J connectivity index is 2.55. The van der Waals surface area contributed by atoms with Crippen LogP contribution in [0.4, 0.5) is 8.78 Å². The van der Waals surface area contributed by atoms with Gasteiger partial charge in [-0.05, 0) is 6.42 Å². The van der Waals surface area contributed by atoms with Crippen LogP contribution in [0.5, 0.6) is 0 Å². The normalized spacial score (nSPS) is 19.2. The van der Waals surface area contributed by atoms with Gasteiger partial charge in [0, 0.05) is 12.0 Å². The van der Waals surface area contributed by atoms with Crippen molar-refractivity contribution in [3.8, 4) is 0 Å². The summed E-state index contributed by atoms with van der Waals surface area (Å²) < 4.78 is 30.1. The number of fused-ring (bicyclic) bond motifs is 1. The molecule has 12 heavy (non-hydrogen) atoms. The quantitative estimate of drug-likeness (QED) is 0.604. The van der Waals surface area contributed by atoms with E-state index < -0.39 is 11.7 Å². The van der Waals surface area contributed by atoms with Crippen molar-refractivity contribution in [3.63, 3.8) is 0 Å². The number of hydrogen-bond acceptors (Lipinski definition) is 3. The van der Waals surface area contributed by atoms with Crippen LogP contribution in [0.2, 0.25) is 0 Å². The summed E-state index contributed by atoms with van der Waals surface area (Å²) in [4.78, 5) is 10.3. The van der Waals surface area contributed by atoms with E-state index in [4.69, 9.17) is 0 Å². The highest BCUT2D eigenvalue weighted by atomic mass is 19.3. The number of carbonyl (C=O) groups excluding carboxylic acids is 1. The van der Waals surface area contributed by atoms with Crippen molar-refractivity contribution < 1.29 is 18.1 Å². The lowest BCUT2D eigenvalue weighted by Gasteiger charge is -2.03. The zero-order chi connectivity index (χ0) is 8.77. The summed E-state index contributed by atoms with van der Waals surface area (Å²) in [5.41, 5.74) is 0.261.